The Morgan fingerprint density at radius 1 is 0.0893 bits per heavy atom. The molecule has 0 radical (unpaired) electrons. The first-order valence-electron chi connectivity index (χ1n) is 38.8. The maximum Gasteiger partial charge on any atom is -0.00262 e. The molecule has 0 fully saturated rings. The third-order valence-corrected chi connectivity index (χ3v) is 22.7. The molecule has 0 aromatic heterocycles. The van der Waals surface area contributed by atoms with E-state index in [1.54, 1.807) is 0 Å². The van der Waals surface area contributed by atoms with E-state index in [4.69, 9.17) is 0 Å². The van der Waals surface area contributed by atoms with Gasteiger partial charge >= 0.3 is 0 Å². The zero-order valence-electron chi connectivity index (χ0n) is 61.7. The van der Waals surface area contributed by atoms with Gasteiger partial charge in [0, 0.05) is 0 Å². The number of rotatable bonds is 9. The summed E-state index contributed by atoms with van der Waals surface area (Å²) in [7, 11) is 0. The van der Waals surface area contributed by atoms with Crippen molar-refractivity contribution < 1.29 is 0 Å². The summed E-state index contributed by atoms with van der Waals surface area (Å²) in [5.74, 6) is 0. The van der Waals surface area contributed by atoms with Gasteiger partial charge in [0.1, 0.15) is 0 Å². The predicted molar refractivity (Wildman–Crippen MR) is 483 cm³/mol. The standard InChI is InChI=1S/C40H26.2C36H24/c1-2-13-27(14-3-1)39-34-21-8-10-23-36(34)40(37-24-11-9-22-35(37)39)30-17-12-16-28(25-30)38-26-29-15-4-5-18-31(29)32-19-6-7-20-33(32)38;1-2-13-26(14-3-1)35-31-19-6-8-21-33(31)36(34-22-9-7-20-32(34)35)28-17-10-16-27(24-28)30-23-11-15-25-12-4-5-18-29(25)30;1-2-12-26(13-3-1)35-31-17-6-8-19-33(31)36(34-20-9-7-18-32(34)35)30-16-10-15-28(24-30)29-22-21-25-11-4-5-14-27(25)23-29/h1-26H;2*1-24H. The normalized spacial score (nSPS) is 11.4. The van der Waals surface area contributed by atoms with Crippen LogP contribution in [-0.4, -0.2) is 0 Å². The fourth-order valence-electron chi connectivity index (χ4n) is 17.7. The molecule has 0 aliphatic rings. The highest BCUT2D eigenvalue weighted by Gasteiger charge is 2.22. The Bertz CT molecular complexity index is 7170. The maximum atomic E-state index is 2.38. The quantitative estimate of drug-likeness (QED) is 0.0998. The van der Waals surface area contributed by atoms with E-state index < -0.39 is 0 Å². The lowest BCUT2D eigenvalue weighted by Gasteiger charge is -2.18. The molecular formula is C112H74. The third kappa shape index (κ3) is 12.2. The summed E-state index contributed by atoms with van der Waals surface area (Å²) >= 11 is 0. The van der Waals surface area contributed by atoms with E-state index in [2.05, 4.69) is 449 Å². The first kappa shape index (κ1) is 66.8. The van der Waals surface area contributed by atoms with Crippen molar-refractivity contribution in [1.29, 1.82) is 0 Å². The molecule has 0 aliphatic carbocycles. The van der Waals surface area contributed by atoms with Gasteiger partial charge in [-0.3, -0.25) is 0 Å². The molecule has 0 bridgehead atoms. The van der Waals surface area contributed by atoms with Gasteiger partial charge in [0.25, 0.3) is 0 Å². The fourth-order valence-corrected chi connectivity index (χ4v) is 17.7. The predicted octanol–water partition coefficient (Wildman–Crippen LogP) is 31.6. The molecule has 0 unspecified atom stereocenters. The molecule has 0 saturated carbocycles. The summed E-state index contributed by atoms with van der Waals surface area (Å²) in [5, 5.41) is 25.6. The Labute approximate surface area is 652 Å². The summed E-state index contributed by atoms with van der Waals surface area (Å²) in [4.78, 5) is 0. The summed E-state index contributed by atoms with van der Waals surface area (Å²) in [6.45, 7) is 0. The topological polar surface area (TPSA) is 0 Å². The minimum atomic E-state index is 1.23. The molecule has 22 aromatic carbocycles. The Balaban J connectivity index is 0.000000110. The molecule has 22 aromatic rings. The molecule has 0 spiro atoms. The average molecular weight is 1420 g/mol. The Morgan fingerprint density at radius 2 is 0.339 bits per heavy atom. The van der Waals surface area contributed by atoms with Crippen LogP contribution in [0.5, 0.6) is 0 Å². The molecule has 0 heterocycles. The van der Waals surface area contributed by atoms with Crippen molar-refractivity contribution in [2.24, 2.45) is 0 Å². The van der Waals surface area contributed by atoms with Crippen LogP contribution in [0.15, 0.2) is 449 Å². The summed E-state index contributed by atoms with van der Waals surface area (Å²) < 4.78 is 0. The van der Waals surface area contributed by atoms with Gasteiger partial charge < -0.3 is 0 Å². The largest absolute Gasteiger partial charge is 0.0622 e. The summed E-state index contributed by atoms with van der Waals surface area (Å²) in [6, 6.07) is 163. The van der Waals surface area contributed by atoms with E-state index in [1.165, 1.54) is 208 Å². The highest BCUT2D eigenvalue weighted by atomic mass is 14.3. The van der Waals surface area contributed by atoms with Crippen LogP contribution < -0.4 is 0 Å². The van der Waals surface area contributed by atoms with Crippen LogP contribution in [0, 0.1) is 0 Å². The molecule has 112 heavy (non-hydrogen) atoms. The van der Waals surface area contributed by atoms with E-state index in [1.807, 2.05) is 0 Å². The van der Waals surface area contributed by atoms with Crippen LogP contribution in [-0.2, 0) is 0 Å². The molecule has 0 saturated heterocycles. The van der Waals surface area contributed by atoms with E-state index in [9.17, 15) is 0 Å². The highest BCUT2D eigenvalue weighted by Crippen LogP contribution is 2.49. The second-order valence-corrected chi connectivity index (χ2v) is 29.1. The Morgan fingerprint density at radius 3 is 0.750 bits per heavy atom. The van der Waals surface area contributed by atoms with Gasteiger partial charge in [0.05, 0.1) is 0 Å². The van der Waals surface area contributed by atoms with Crippen LogP contribution in [0.4, 0.5) is 0 Å². The first-order chi connectivity index (χ1) is 55.6. The van der Waals surface area contributed by atoms with Gasteiger partial charge in [-0.15, -0.1) is 0 Å². The number of hydrogen-bond acceptors (Lipinski definition) is 0. The summed E-state index contributed by atoms with van der Waals surface area (Å²) in [6.07, 6.45) is 0. The third-order valence-electron chi connectivity index (χ3n) is 22.7. The van der Waals surface area contributed by atoms with E-state index in [-0.39, 0.29) is 0 Å². The molecule has 0 nitrogen and oxygen atoms in total. The molecule has 0 amide bonds. The van der Waals surface area contributed by atoms with Crippen molar-refractivity contribution in [3.05, 3.63) is 449 Å². The first-order valence-corrected chi connectivity index (χ1v) is 38.8. The average Bonchev–Trinajstić information content (AvgIpc) is 0.742. The van der Waals surface area contributed by atoms with Crippen molar-refractivity contribution in [2.45, 2.75) is 0 Å². The zero-order valence-corrected chi connectivity index (χ0v) is 61.7. The lowest BCUT2D eigenvalue weighted by atomic mass is 9.85. The number of benzene rings is 22. The van der Waals surface area contributed by atoms with E-state index in [0.717, 1.165) is 0 Å². The molecule has 0 atom stereocenters. The molecule has 0 N–H and O–H groups in total. The Kier molecular flexibility index (Phi) is 17.4. The maximum absolute atomic E-state index is 2.38. The summed E-state index contributed by atoms with van der Waals surface area (Å²) in [5.41, 5.74) is 22.7. The monoisotopic (exact) mass is 1420 g/mol. The minimum Gasteiger partial charge on any atom is -0.0622 e. The fraction of sp³-hybridized carbons (Fsp3) is 0. The SMILES string of the molecule is c1ccc(-c2c3ccccc3c(-c3cccc(-c4cc5ccccc5c5ccccc45)c3)c3ccccc23)cc1.c1ccc(-c2c3ccccc3c(-c3cccc(-c4ccc5ccccc5c4)c3)c3ccccc23)cc1.c1ccc(-c2c3ccccc3c(-c3cccc(-c4cccc5ccccc45)c3)c3ccccc23)cc1. The van der Waals surface area contributed by atoms with Gasteiger partial charge in [-0.1, -0.05) is 419 Å². The van der Waals surface area contributed by atoms with Gasteiger partial charge in [0.15, 0.2) is 0 Å². The van der Waals surface area contributed by atoms with Crippen molar-refractivity contribution >= 4 is 108 Å². The van der Waals surface area contributed by atoms with Gasteiger partial charge in [0.2, 0.25) is 0 Å². The second-order valence-electron chi connectivity index (χ2n) is 29.1. The lowest BCUT2D eigenvalue weighted by molar-refractivity contribution is 1.62. The van der Waals surface area contributed by atoms with Crippen LogP contribution in [0.2, 0.25) is 0 Å². The van der Waals surface area contributed by atoms with Crippen LogP contribution in [0.25, 0.3) is 208 Å². The lowest BCUT2D eigenvalue weighted by Crippen LogP contribution is -1.91. The van der Waals surface area contributed by atoms with Gasteiger partial charge in [-0.2, -0.15) is 0 Å². The highest BCUT2D eigenvalue weighted by molar-refractivity contribution is 6.25. The number of fused-ring (bicyclic) bond motifs is 11. The number of hydrogen-bond donors (Lipinski definition) is 0. The van der Waals surface area contributed by atoms with Crippen molar-refractivity contribution in [2.75, 3.05) is 0 Å². The van der Waals surface area contributed by atoms with Crippen molar-refractivity contribution in [1.82, 2.24) is 0 Å². The van der Waals surface area contributed by atoms with Crippen molar-refractivity contribution in [3.63, 3.8) is 0 Å². The van der Waals surface area contributed by atoms with Crippen LogP contribution >= 0.6 is 0 Å². The zero-order chi connectivity index (χ0) is 74.3. The molecular weight excluding hydrogens is 1350 g/mol. The molecule has 0 heteroatoms. The smallest absolute Gasteiger partial charge is 0.00262 e. The minimum absolute atomic E-state index is 1.23. The van der Waals surface area contributed by atoms with Crippen LogP contribution in [0.3, 0.4) is 0 Å². The van der Waals surface area contributed by atoms with Crippen molar-refractivity contribution in [3.8, 4) is 100 Å². The molecule has 22 rings (SSSR count). The molecule has 522 valence electrons. The second kappa shape index (κ2) is 29.2. The van der Waals surface area contributed by atoms with Gasteiger partial charge in [-0.05, 0) is 238 Å². The van der Waals surface area contributed by atoms with E-state index >= 15 is 0 Å². The van der Waals surface area contributed by atoms with E-state index in [0.29, 0.717) is 0 Å². The Hall–Kier alpha value is -14.6. The van der Waals surface area contributed by atoms with Crippen LogP contribution in [0.1, 0.15) is 0 Å². The van der Waals surface area contributed by atoms with Gasteiger partial charge in [-0.25, -0.2) is 0 Å². The molecule has 0 aliphatic heterocycles.